The van der Waals surface area contributed by atoms with Crippen LogP contribution in [0.25, 0.3) is 11.1 Å². The van der Waals surface area contributed by atoms with Gasteiger partial charge in [0, 0.05) is 54.2 Å². The minimum Gasteiger partial charge on any atom is -0.396 e. The largest absolute Gasteiger partial charge is 0.396 e. The van der Waals surface area contributed by atoms with Gasteiger partial charge in [-0.05, 0) is 37.7 Å². The fourth-order valence-electron chi connectivity index (χ4n) is 5.64. The van der Waals surface area contributed by atoms with Crippen molar-refractivity contribution in [2.45, 2.75) is 31.6 Å². The highest BCUT2D eigenvalue weighted by Gasteiger charge is 2.54. The zero-order chi connectivity index (χ0) is 23.1. The molecule has 170 valence electrons. The summed E-state index contributed by atoms with van der Waals surface area (Å²) < 4.78 is 1.80. The number of nitrogens with zero attached hydrogens (tertiary/aromatic N) is 3. The zero-order valence-corrected chi connectivity index (χ0v) is 18.8. The number of amides is 1. The van der Waals surface area contributed by atoms with E-state index in [1.165, 1.54) is 0 Å². The second kappa shape index (κ2) is 8.57. The summed E-state index contributed by atoms with van der Waals surface area (Å²) in [5.41, 5.74) is 3.27. The van der Waals surface area contributed by atoms with Crippen LogP contribution in [0.5, 0.6) is 0 Å². The number of carbonyl (C=O) groups is 1. The third kappa shape index (κ3) is 3.57. The van der Waals surface area contributed by atoms with Gasteiger partial charge in [0.1, 0.15) is 0 Å². The number of benzene rings is 1. The summed E-state index contributed by atoms with van der Waals surface area (Å²) in [7, 11) is 1.92. The lowest BCUT2D eigenvalue weighted by molar-refractivity contribution is -0.127. The quantitative estimate of drug-likeness (QED) is 0.631. The number of likely N-dealkylation sites (N-methyl/N-ethyl adjacent to an activating group) is 1. The number of hydrogen-bond donors (Lipinski definition) is 2. The lowest BCUT2D eigenvalue weighted by atomic mass is 9.88. The first kappa shape index (κ1) is 21.6. The van der Waals surface area contributed by atoms with Crippen molar-refractivity contribution < 1.29 is 9.90 Å². The number of pyridine rings is 2. The van der Waals surface area contributed by atoms with E-state index in [1.54, 1.807) is 17.0 Å². The number of nitrogens with one attached hydrogen (secondary N) is 1. The van der Waals surface area contributed by atoms with Crippen molar-refractivity contribution in [3.63, 3.8) is 0 Å². The monoisotopic (exact) mass is 444 g/mol. The molecule has 1 amide bonds. The number of carbonyl (C=O) groups excluding carboxylic acids is 1. The molecule has 1 aromatic carbocycles. The predicted molar refractivity (Wildman–Crippen MR) is 125 cm³/mol. The van der Waals surface area contributed by atoms with Crippen LogP contribution in [-0.2, 0) is 11.3 Å². The summed E-state index contributed by atoms with van der Waals surface area (Å²) in [5.74, 6) is -0.369. The molecule has 33 heavy (non-hydrogen) atoms. The first-order chi connectivity index (χ1) is 16.0. The van der Waals surface area contributed by atoms with Crippen LogP contribution in [0.4, 0.5) is 0 Å². The van der Waals surface area contributed by atoms with E-state index < -0.39 is 6.04 Å². The van der Waals surface area contributed by atoms with E-state index in [-0.39, 0.29) is 42.0 Å². The van der Waals surface area contributed by atoms with E-state index in [0.717, 1.165) is 16.8 Å². The maximum absolute atomic E-state index is 13.3. The molecule has 2 aliphatic heterocycles. The summed E-state index contributed by atoms with van der Waals surface area (Å²) in [6, 6.07) is 16.7. The van der Waals surface area contributed by atoms with Gasteiger partial charge in [-0.15, -0.1) is 0 Å². The Morgan fingerprint density at radius 3 is 2.67 bits per heavy atom. The van der Waals surface area contributed by atoms with E-state index in [2.05, 4.69) is 10.3 Å². The first-order valence-corrected chi connectivity index (χ1v) is 11.3. The fourth-order valence-corrected chi connectivity index (χ4v) is 5.64. The fraction of sp³-hybridized carbons (Fsp3) is 0.346. The zero-order valence-electron chi connectivity index (χ0n) is 18.8. The molecule has 5 rings (SSSR count). The van der Waals surface area contributed by atoms with Crippen molar-refractivity contribution in [1.82, 2.24) is 19.8 Å². The number of hydrogen-bond acceptors (Lipinski definition) is 5. The predicted octanol–water partition coefficient (Wildman–Crippen LogP) is 2.38. The summed E-state index contributed by atoms with van der Waals surface area (Å²) in [4.78, 5) is 32.8. The normalized spacial score (nSPS) is 24.8. The Hall–Kier alpha value is -3.29. The van der Waals surface area contributed by atoms with Gasteiger partial charge in [-0.25, -0.2) is 0 Å². The van der Waals surface area contributed by atoms with Crippen LogP contribution < -0.4 is 10.9 Å². The third-order valence-corrected chi connectivity index (χ3v) is 7.25. The summed E-state index contributed by atoms with van der Waals surface area (Å²) in [6.45, 7) is 2.34. The highest BCUT2D eigenvalue weighted by Crippen LogP contribution is 2.48. The van der Waals surface area contributed by atoms with Crippen molar-refractivity contribution in [1.29, 1.82) is 0 Å². The number of likely N-dealkylation sites (tertiary alicyclic amines) is 1. The summed E-state index contributed by atoms with van der Waals surface area (Å²) in [5, 5.41) is 13.4. The molecule has 7 nitrogen and oxygen atoms in total. The van der Waals surface area contributed by atoms with Crippen molar-refractivity contribution >= 4 is 5.91 Å². The molecular weight excluding hydrogens is 416 g/mol. The maximum Gasteiger partial charge on any atom is 0.258 e. The van der Waals surface area contributed by atoms with Gasteiger partial charge in [-0.2, -0.15) is 0 Å². The number of rotatable bonds is 5. The van der Waals surface area contributed by atoms with Gasteiger partial charge in [0.05, 0.1) is 18.1 Å². The van der Waals surface area contributed by atoms with Crippen LogP contribution in [0.1, 0.15) is 30.3 Å². The van der Waals surface area contributed by atoms with Crippen LogP contribution in [0, 0.1) is 11.8 Å². The minimum absolute atomic E-state index is 0.0142. The van der Waals surface area contributed by atoms with Crippen molar-refractivity contribution in [2.24, 2.45) is 11.8 Å². The van der Waals surface area contributed by atoms with Gasteiger partial charge >= 0.3 is 0 Å². The summed E-state index contributed by atoms with van der Waals surface area (Å²) >= 11 is 0. The van der Waals surface area contributed by atoms with E-state index in [9.17, 15) is 14.7 Å². The third-order valence-electron chi connectivity index (χ3n) is 7.25. The molecule has 5 atom stereocenters. The molecule has 7 heteroatoms. The SMILES string of the molecule is C[C@H](NC(=O)[C@@H]1[C@@H](CO)[C@@H]2Cn3c(ccc(-c4cccnc4)c3=O)[C@@H]2N1C)c1ccccc1. The lowest BCUT2D eigenvalue weighted by Gasteiger charge is -2.28. The topological polar surface area (TPSA) is 87.5 Å². The molecule has 0 saturated carbocycles. The van der Waals surface area contributed by atoms with Gasteiger partial charge in [0.25, 0.3) is 5.56 Å². The molecule has 0 bridgehead atoms. The van der Waals surface area contributed by atoms with E-state index in [0.29, 0.717) is 12.1 Å². The van der Waals surface area contributed by atoms with E-state index >= 15 is 0 Å². The second-order valence-corrected chi connectivity index (χ2v) is 9.04. The van der Waals surface area contributed by atoms with Crippen LogP contribution in [0.15, 0.2) is 71.8 Å². The van der Waals surface area contributed by atoms with E-state index in [1.807, 2.05) is 73.5 Å². The van der Waals surface area contributed by atoms with Gasteiger partial charge in [-0.1, -0.05) is 36.4 Å². The van der Waals surface area contributed by atoms with Crippen LogP contribution in [0.2, 0.25) is 0 Å². The highest BCUT2D eigenvalue weighted by molar-refractivity contribution is 5.83. The van der Waals surface area contributed by atoms with Crippen molar-refractivity contribution in [2.75, 3.05) is 13.7 Å². The Balaban J connectivity index is 1.43. The molecular formula is C26H28N4O3. The second-order valence-electron chi connectivity index (χ2n) is 9.04. The Labute approximate surface area is 192 Å². The van der Waals surface area contributed by atoms with E-state index in [4.69, 9.17) is 0 Å². The van der Waals surface area contributed by atoms with Crippen LogP contribution in [-0.4, -0.2) is 45.2 Å². The number of fused-ring (bicyclic) bond motifs is 3. The molecule has 0 aliphatic carbocycles. The molecule has 2 N–H and O–H groups in total. The number of aromatic nitrogens is 2. The highest BCUT2D eigenvalue weighted by atomic mass is 16.3. The average molecular weight is 445 g/mol. The van der Waals surface area contributed by atoms with Gasteiger partial charge in [-0.3, -0.25) is 19.5 Å². The molecule has 0 spiro atoms. The number of aliphatic hydroxyl groups is 1. The number of aliphatic hydroxyl groups excluding tert-OH is 1. The Bertz CT molecular complexity index is 1210. The lowest BCUT2D eigenvalue weighted by Crippen LogP contribution is -2.47. The molecule has 2 aliphatic rings. The molecule has 3 aromatic rings. The molecule has 4 heterocycles. The van der Waals surface area contributed by atoms with Crippen molar-refractivity contribution in [3.05, 3.63) is 88.6 Å². The van der Waals surface area contributed by atoms with Gasteiger partial charge < -0.3 is 15.0 Å². The average Bonchev–Trinajstić information content (AvgIpc) is 3.35. The standard InChI is InChI=1S/C26H28N4O3/c1-16(17-7-4-3-5-8-17)28-25(32)24-21(15-31)20-14-30-22(23(20)29(24)2)11-10-19(26(30)33)18-9-6-12-27-13-18/h3-13,16,20-21,23-24,31H,14-15H2,1-2H3,(H,28,32)/t16-,20-,21-,23+,24-/m0/s1. The van der Waals surface area contributed by atoms with Crippen LogP contribution >= 0.6 is 0 Å². The molecule has 0 radical (unpaired) electrons. The van der Waals surface area contributed by atoms with Gasteiger partial charge in [0.2, 0.25) is 5.91 Å². The molecule has 0 unspecified atom stereocenters. The van der Waals surface area contributed by atoms with Gasteiger partial charge in [0.15, 0.2) is 0 Å². The maximum atomic E-state index is 13.3. The first-order valence-electron chi connectivity index (χ1n) is 11.3. The smallest absolute Gasteiger partial charge is 0.258 e. The van der Waals surface area contributed by atoms with Crippen LogP contribution in [0.3, 0.4) is 0 Å². The minimum atomic E-state index is -0.460. The Kier molecular flexibility index (Phi) is 5.60. The summed E-state index contributed by atoms with van der Waals surface area (Å²) in [6.07, 6.45) is 3.37. The Morgan fingerprint density at radius 2 is 1.97 bits per heavy atom. The molecule has 2 aromatic heterocycles. The molecule has 1 saturated heterocycles. The van der Waals surface area contributed by atoms with Crippen molar-refractivity contribution in [3.8, 4) is 11.1 Å². The molecule has 1 fully saturated rings. The Morgan fingerprint density at radius 1 is 1.18 bits per heavy atom.